The van der Waals surface area contributed by atoms with Crippen LogP contribution in [0.3, 0.4) is 0 Å². The van der Waals surface area contributed by atoms with Crippen molar-refractivity contribution < 1.29 is 32.3 Å². The molecule has 1 amide bonds. The third-order valence-electron chi connectivity index (χ3n) is 4.45. The summed E-state index contributed by atoms with van der Waals surface area (Å²) in [6.07, 6.45) is -0.516. The minimum Gasteiger partial charge on any atom is -0.481 e. The maximum Gasteiger partial charge on any atom is 0.417 e. The van der Waals surface area contributed by atoms with Crippen LogP contribution in [0, 0.1) is 0 Å². The summed E-state index contributed by atoms with van der Waals surface area (Å²) in [7, 11) is 0. The lowest BCUT2D eigenvalue weighted by molar-refractivity contribution is -0.138. The summed E-state index contributed by atoms with van der Waals surface area (Å²) in [4.78, 5) is 28.7. The van der Waals surface area contributed by atoms with E-state index in [0.29, 0.717) is 47.0 Å². The zero-order valence-electron chi connectivity index (χ0n) is 16.3. The summed E-state index contributed by atoms with van der Waals surface area (Å²) >= 11 is 12.3. The Kier molecular flexibility index (Phi) is 7.63. The first-order valence-electron chi connectivity index (χ1n) is 9.36. The Morgan fingerprint density at radius 1 is 1.31 bits per heavy atom. The molecule has 0 spiro atoms. The molecule has 32 heavy (non-hydrogen) atoms. The highest BCUT2D eigenvalue weighted by molar-refractivity contribution is 8.26. The van der Waals surface area contributed by atoms with Crippen molar-refractivity contribution in [2.24, 2.45) is 0 Å². The number of carbonyl (C=O) groups is 2. The number of nitrogens with zero attached hydrogens (tertiary/aromatic N) is 2. The van der Waals surface area contributed by atoms with Gasteiger partial charge in [-0.3, -0.25) is 19.5 Å². The summed E-state index contributed by atoms with van der Waals surface area (Å²) in [5.74, 6) is -0.699. The number of pyridine rings is 1. The van der Waals surface area contributed by atoms with Gasteiger partial charge < -0.3 is 9.52 Å². The van der Waals surface area contributed by atoms with E-state index in [1.54, 1.807) is 6.07 Å². The summed E-state index contributed by atoms with van der Waals surface area (Å²) in [5.41, 5.74) is -0.919. The number of carboxylic acid groups (broad SMARTS) is 1. The third kappa shape index (κ3) is 5.90. The smallest absolute Gasteiger partial charge is 0.417 e. The van der Waals surface area contributed by atoms with Crippen molar-refractivity contribution in [2.45, 2.75) is 31.9 Å². The van der Waals surface area contributed by atoms with E-state index in [9.17, 15) is 22.8 Å². The van der Waals surface area contributed by atoms with Gasteiger partial charge in [0.05, 0.1) is 15.5 Å². The van der Waals surface area contributed by atoms with Gasteiger partial charge in [0.25, 0.3) is 5.91 Å². The largest absolute Gasteiger partial charge is 0.481 e. The van der Waals surface area contributed by atoms with Crippen LogP contribution in [-0.4, -0.2) is 37.7 Å². The molecule has 0 bridgehead atoms. The molecule has 170 valence electrons. The first-order valence-corrected chi connectivity index (χ1v) is 11.0. The zero-order chi connectivity index (χ0) is 23.5. The molecule has 3 rings (SSSR count). The molecule has 6 nitrogen and oxygen atoms in total. The standard InChI is InChI=1S/C20H16ClF3N2O4S2/c21-13-8-11(20(22,23)24)10-25-17(13)14-6-5-12(30-14)9-15-18(29)26(19(31)32-15)7-3-1-2-4-16(27)28/h5-6,8-10H,1-4,7H2,(H,27,28)/b15-9-. The van der Waals surface area contributed by atoms with E-state index in [4.69, 9.17) is 33.3 Å². The predicted molar refractivity (Wildman–Crippen MR) is 118 cm³/mol. The van der Waals surface area contributed by atoms with Gasteiger partial charge in [-0.25, -0.2) is 0 Å². The molecule has 1 aliphatic rings. The van der Waals surface area contributed by atoms with Crippen molar-refractivity contribution in [3.05, 3.63) is 45.6 Å². The lowest BCUT2D eigenvalue weighted by Crippen LogP contribution is -2.29. The van der Waals surface area contributed by atoms with Crippen molar-refractivity contribution in [3.8, 4) is 11.5 Å². The SMILES string of the molecule is O=C(O)CCCCCN1C(=O)/C(=C/c2ccc(-c3ncc(C(F)(F)F)cc3Cl)o2)SC1=S. The number of furan rings is 1. The third-order valence-corrected chi connectivity index (χ3v) is 6.11. The molecule has 2 aromatic heterocycles. The van der Waals surface area contributed by atoms with E-state index in [1.165, 1.54) is 17.0 Å². The molecular formula is C20H16ClF3N2O4S2. The van der Waals surface area contributed by atoms with Crippen LogP contribution in [0.15, 0.2) is 33.7 Å². The normalized spacial score (nSPS) is 15.8. The Labute approximate surface area is 195 Å². The number of amides is 1. The number of halogens is 4. The van der Waals surface area contributed by atoms with Crippen molar-refractivity contribution in [1.29, 1.82) is 0 Å². The van der Waals surface area contributed by atoms with E-state index in [2.05, 4.69) is 4.98 Å². The minimum absolute atomic E-state index is 0.0493. The molecule has 0 radical (unpaired) electrons. The van der Waals surface area contributed by atoms with Gasteiger partial charge in [-0.1, -0.05) is 42.0 Å². The maximum absolute atomic E-state index is 12.8. The van der Waals surface area contributed by atoms with Crippen molar-refractivity contribution >= 4 is 57.9 Å². The number of carbonyl (C=O) groups excluding carboxylic acids is 1. The highest BCUT2D eigenvalue weighted by atomic mass is 35.5. The Hall–Kier alpha value is -2.37. The Bertz CT molecular complexity index is 1090. The fourth-order valence-electron chi connectivity index (χ4n) is 2.88. The fraction of sp³-hybridized carbons (Fsp3) is 0.300. The number of carboxylic acids is 1. The molecule has 1 saturated heterocycles. The molecule has 1 N–H and O–H groups in total. The monoisotopic (exact) mass is 504 g/mol. The number of thioether (sulfide) groups is 1. The van der Waals surface area contributed by atoms with E-state index < -0.39 is 17.7 Å². The number of aromatic nitrogens is 1. The summed E-state index contributed by atoms with van der Waals surface area (Å²) in [5, 5.41) is 8.44. The molecule has 1 aliphatic heterocycles. The molecular weight excluding hydrogens is 489 g/mol. The first kappa shape index (κ1) is 24.3. The van der Waals surface area contributed by atoms with E-state index in [0.717, 1.165) is 17.8 Å². The summed E-state index contributed by atoms with van der Waals surface area (Å²) in [6, 6.07) is 3.81. The highest BCUT2D eigenvalue weighted by Gasteiger charge is 2.33. The van der Waals surface area contributed by atoms with Crippen LogP contribution in [0.1, 0.15) is 37.0 Å². The number of hydrogen-bond donors (Lipinski definition) is 1. The van der Waals surface area contributed by atoms with Gasteiger partial charge >= 0.3 is 12.1 Å². The number of alkyl halides is 3. The quantitative estimate of drug-likeness (QED) is 0.274. The predicted octanol–water partition coefficient (Wildman–Crippen LogP) is 5.86. The zero-order valence-corrected chi connectivity index (χ0v) is 18.7. The van der Waals surface area contributed by atoms with Gasteiger partial charge in [0.2, 0.25) is 0 Å². The number of thiocarbonyl (C=S) groups is 1. The second-order valence-electron chi connectivity index (χ2n) is 6.79. The maximum atomic E-state index is 12.8. The van der Waals surface area contributed by atoms with Gasteiger partial charge in [-0.15, -0.1) is 0 Å². The van der Waals surface area contributed by atoms with Gasteiger partial charge in [0, 0.05) is 25.2 Å². The van der Waals surface area contributed by atoms with Crippen LogP contribution < -0.4 is 0 Å². The highest BCUT2D eigenvalue weighted by Crippen LogP contribution is 2.36. The topological polar surface area (TPSA) is 83.6 Å². The van der Waals surface area contributed by atoms with Crippen molar-refractivity contribution in [3.63, 3.8) is 0 Å². The molecule has 0 aromatic carbocycles. The van der Waals surface area contributed by atoms with Gasteiger partial charge in [-0.05, 0) is 31.0 Å². The average molecular weight is 505 g/mol. The second kappa shape index (κ2) is 10.1. The van der Waals surface area contributed by atoms with Gasteiger partial charge in [0.1, 0.15) is 15.8 Å². The van der Waals surface area contributed by atoms with Crippen LogP contribution in [0.4, 0.5) is 13.2 Å². The van der Waals surface area contributed by atoms with Crippen molar-refractivity contribution in [1.82, 2.24) is 9.88 Å². The van der Waals surface area contributed by atoms with E-state index >= 15 is 0 Å². The van der Waals surface area contributed by atoms with Crippen LogP contribution in [0.2, 0.25) is 5.02 Å². The number of unbranched alkanes of at least 4 members (excludes halogenated alkanes) is 2. The van der Waals surface area contributed by atoms with Gasteiger partial charge in [-0.2, -0.15) is 13.2 Å². The summed E-state index contributed by atoms with van der Waals surface area (Å²) < 4.78 is 44.3. The summed E-state index contributed by atoms with van der Waals surface area (Å²) in [6.45, 7) is 0.385. The van der Waals surface area contributed by atoms with Crippen LogP contribution in [0.25, 0.3) is 17.5 Å². The van der Waals surface area contributed by atoms with Crippen molar-refractivity contribution in [2.75, 3.05) is 6.54 Å². The molecule has 12 heteroatoms. The molecule has 1 fully saturated rings. The van der Waals surface area contributed by atoms with Crippen LogP contribution in [0.5, 0.6) is 0 Å². The molecule has 0 aliphatic carbocycles. The minimum atomic E-state index is -4.56. The Balaban J connectivity index is 1.68. The van der Waals surface area contributed by atoms with Crippen LogP contribution in [-0.2, 0) is 15.8 Å². The Morgan fingerprint density at radius 2 is 2.06 bits per heavy atom. The number of rotatable bonds is 8. The van der Waals surface area contributed by atoms with E-state index in [1.807, 2.05) is 0 Å². The Morgan fingerprint density at radius 3 is 2.72 bits per heavy atom. The van der Waals surface area contributed by atoms with E-state index in [-0.39, 0.29) is 28.8 Å². The molecule has 2 aromatic rings. The van der Waals surface area contributed by atoms with Crippen LogP contribution >= 0.6 is 35.6 Å². The number of hydrogen-bond acceptors (Lipinski definition) is 6. The molecule has 0 saturated carbocycles. The molecule has 0 atom stereocenters. The number of aliphatic carboxylic acids is 1. The molecule has 3 heterocycles. The lowest BCUT2D eigenvalue weighted by Gasteiger charge is -2.13. The molecule has 0 unspecified atom stereocenters. The first-order chi connectivity index (χ1) is 15.1. The fourth-order valence-corrected chi connectivity index (χ4v) is 4.42. The average Bonchev–Trinajstić information content (AvgIpc) is 3.26. The lowest BCUT2D eigenvalue weighted by atomic mass is 10.2. The van der Waals surface area contributed by atoms with Gasteiger partial charge in [0.15, 0.2) is 5.76 Å². The second-order valence-corrected chi connectivity index (χ2v) is 8.87.